The van der Waals surface area contributed by atoms with Gasteiger partial charge in [0.15, 0.2) is 0 Å². The van der Waals surface area contributed by atoms with Crippen LogP contribution in [0, 0.1) is 5.92 Å². The third-order valence-corrected chi connectivity index (χ3v) is 7.04. The maximum Gasteiger partial charge on any atom is 0.146 e. The van der Waals surface area contributed by atoms with Crippen LogP contribution in [0.4, 0.5) is 0 Å². The van der Waals surface area contributed by atoms with Crippen LogP contribution in [0.5, 0.6) is 0 Å². The van der Waals surface area contributed by atoms with Gasteiger partial charge < -0.3 is 0 Å². The summed E-state index contributed by atoms with van der Waals surface area (Å²) in [4.78, 5) is 23.5. The molecule has 2 atom stereocenters. The first-order valence-electron chi connectivity index (χ1n) is 7.67. The van der Waals surface area contributed by atoms with E-state index in [-0.39, 0.29) is 5.25 Å². The highest BCUT2D eigenvalue weighted by atomic mass is 32.2. The van der Waals surface area contributed by atoms with E-state index in [9.17, 15) is 4.79 Å². The van der Waals surface area contributed by atoms with Gasteiger partial charge in [0.05, 0.1) is 5.25 Å². The number of ketones is 1. The molecule has 1 saturated carbocycles. The van der Waals surface area contributed by atoms with Crippen LogP contribution in [0.15, 0.2) is 11.4 Å². The largest absolute Gasteiger partial charge is 0.298 e. The Morgan fingerprint density at radius 2 is 2.19 bits per heavy atom. The molecule has 0 amide bonds. The van der Waals surface area contributed by atoms with Crippen molar-refractivity contribution in [3.8, 4) is 0 Å². The highest BCUT2D eigenvalue weighted by Crippen LogP contribution is 2.42. The van der Waals surface area contributed by atoms with Gasteiger partial charge in [-0.2, -0.15) is 0 Å². The smallest absolute Gasteiger partial charge is 0.146 e. The van der Waals surface area contributed by atoms with E-state index < -0.39 is 0 Å². The van der Waals surface area contributed by atoms with Crippen molar-refractivity contribution in [2.45, 2.75) is 55.7 Å². The monoisotopic (exact) mass is 318 g/mol. The van der Waals surface area contributed by atoms with Crippen LogP contribution >= 0.6 is 23.1 Å². The molecular weight excluding hydrogens is 300 g/mol. The molecule has 2 heterocycles. The highest BCUT2D eigenvalue weighted by molar-refractivity contribution is 8.00. The van der Waals surface area contributed by atoms with E-state index >= 15 is 0 Å². The lowest BCUT2D eigenvalue weighted by Crippen LogP contribution is -2.10. The van der Waals surface area contributed by atoms with Crippen LogP contribution in [0.3, 0.4) is 0 Å². The molecule has 2 aromatic heterocycles. The second-order valence-electron chi connectivity index (χ2n) is 6.18. The van der Waals surface area contributed by atoms with E-state index in [0.717, 1.165) is 41.5 Å². The quantitative estimate of drug-likeness (QED) is 0.784. The SMILES string of the molecule is C[C@H]1CCc2c(sc3ncnc(S[C@H]4CCCC4=O)c23)C1. The van der Waals surface area contributed by atoms with E-state index in [1.54, 1.807) is 18.1 Å². The number of fused-ring (bicyclic) bond motifs is 3. The minimum Gasteiger partial charge on any atom is -0.298 e. The number of Topliss-reactive ketones (excluding diaryl/α,β-unsaturated/α-hetero) is 1. The Bertz CT molecular complexity index is 710. The molecule has 4 rings (SSSR count). The maximum absolute atomic E-state index is 11.9. The van der Waals surface area contributed by atoms with Crippen LogP contribution < -0.4 is 0 Å². The topological polar surface area (TPSA) is 42.9 Å². The lowest BCUT2D eigenvalue weighted by Gasteiger charge is -2.18. The van der Waals surface area contributed by atoms with E-state index in [2.05, 4.69) is 16.9 Å². The summed E-state index contributed by atoms with van der Waals surface area (Å²) in [7, 11) is 0. The molecular formula is C16H18N2OS2. The first-order chi connectivity index (χ1) is 10.2. The van der Waals surface area contributed by atoms with E-state index in [0.29, 0.717) is 5.78 Å². The van der Waals surface area contributed by atoms with Crippen LogP contribution in [-0.2, 0) is 17.6 Å². The number of hydrogen-bond donors (Lipinski definition) is 0. The molecule has 21 heavy (non-hydrogen) atoms. The van der Waals surface area contributed by atoms with Crippen molar-refractivity contribution in [3.05, 3.63) is 16.8 Å². The summed E-state index contributed by atoms with van der Waals surface area (Å²) in [6, 6.07) is 0. The van der Waals surface area contributed by atoms with Gasteiger partial charge in [0.1, 0.15) is 22.0 Å². The maximum atomic E-state index is 11.9. The number of nitrogens with zero attached hydrogens (tertiary/aromatic N) is 2. The Morgan fingerprint density at radius 3 is 3.00 bits per heavy atom. The summed E-state index contributed by atoms with van der Waals surface area (Å²) < 4.78 is 0. The van der Waals surface area contributed by atoms with E-state index in [1.807, 2.05) is 11.3 Å². The normalized spacial score (nSPS) is 25.5. The molecule has 2 aliphatic rings. The van der Waals surface area contributed by atoms with E-state index in [4.69, 9.17) is 0 Å². The van der Waals surface area contributed by atoms with Crippen molar-refractivity contribution >= 4 is 39.1 Å². The lowest BCUT2D eigenvalue weighted by atomic mass is 9.89. The summed E-state index contributed by atoms with van der Waals surface area (Å²) in [6.07, 6.45) is 7.99. The molecule has 0 bridgehead atoms. The molecule has 0 unspecified atom stereocenters. The zero-order valence-electron chi connectivity index (χ0n) is 12.1. The standard InChI is InChI=1S/C16H18N2OS2/c1-9-5-6-10-13(7-9)21-16-14(10)15(17-8-18-16)20-12-4-2-3-11(12)19/h8-9,12H,2-7H2,1H3/t9-,12-/m0/s1. The van der Waals surface area contributed by atoms with E-state index in [1.165, 1.54) is 28.7 Å². The fourth-order valence-electron chi connectivity index (χ4n) is 3.38. The molecule has 5 heteroatoms. The van der Waals surface area contributed by atoms with Crippen molar-refractivity contribution in [1.82, 2.24) is 9.97 Å². The van der Waals surface area contributed by atoms with Crippen LogP contribution in [0.2, 0.25) is 0 Å². The molecule has 0 spiro atoms. The molecule has 3 nitrogen and oxygen atoms in total. The van der Waals surface area contributed by atoms with Crippen molar-refractivity contribution < 1.29 is 4.79 Å². The number of aryl methyl sites for hydroxylation is 1. The minimum atomic E-state index is 0.112. The van der Waals surface area contributed by atoms with Crippen molar-refractivity contribution in [2.75, 3.05) is 0 Å². The molecule has 0 radical (unpaired) electrons. The zero-order valence-corrected chi connectivity index (χ0v) is 13.7. The molecule has 110 valence electrons. The van der Waals surface area contributed by atoms with Gasteiger partial charge in [0, 0.05) is 16.7 Å². The number of thioether (sulfide) groups is 1. The molecule has 0 aliphatic heterocycles. The average Bonchev–Trinajstić information content (AvgIpc) is 3.02. The van der Waals surface area contributed by atoms with Gasteiger partial charge in [0.25, 0.3) is 0 Å². The number of hydrogen-bond acceptors (Lipinski definition) is 5. The zero-order chi connectivity index (χ0) is 14.4. The Balaban J connectivity index is 1.77. The van der Waals surface area contributed by atoms with Gasteiger partial charge in [-0.25, -0.2) is 9.97 Å². The van der Waals surface area contributed by atoms with Crippen LogP contribution in [0.1, 0.15) is 43.0 Å². The molecule has 2 aliphatic carbocycles. The second kappa shape index (κ2) is 5.36. The van der Waals surface area contributed by atoms with Crippen molar-refractivity contribution in [1.29, 1.82) is 0 Å². The van der Waals surface area contributed by atoms with Crippen molar-refractivity contribution in [2.24, 2.45) is 5.92 Å². The second-order valence-corrected chi connectivity index (χ2v) is 8.45. The molecule has 1 fully saturated rings. The third kappa shape index (κ3) is 2.40. The van der Waals surface area contributed by atoms with Gasteiger partial charge in [-0.3, -0.25) is 4.79 Å². The van der Waals surface area contributed by atoms with Crippen LogP contribution in [0.25, 0.3) is 10.2 Å². The average molecular weight is 318 g/mol. The van der Waals surface area contributed by atoms with Crippen molar-refractivity contribution in [3.63, 3.8) is 0 Å². The Labute approximate surface area is 132 Å². The lowest BCUT2D eigenvalue weighted by molar-refractivity contribution is -0.116. The van der Waals surface area contributed by atoms with Gasteiger partial charge in [-0.05, 0) is 43.6 Å². The number of carbonyl (C=O) groups is 1. The number of thiophene rings is 1. The molecule has 0 saturated heterocycles. The van der Waals surface area contributed by atoms with Gasteiger partial charge >= 0.3 is 0 Å². The first kappa shape index (κ1) is 13.7. The Hall–Kier alpha value is -0.940. The van der Waals surface area contributed by atoms with Gasteiger partial charge in [-0.15, -0.1) is 11.3 Å². The summed E-state index contributed by atoms with van der Waals surface area (Å²) in [5.74, 6) is 1.16. The predicted molar refractivity (Wildman–Crippen MR) is 87.1 cm³/mol. The number of aromatic nitrogens is 2. The fourth-order valence-corrected chi connectivity index (χ4v) is 6.04. The fraction of sp³-hybridized carbons (Fsp3) is 0.562. The predicted octanol–water partition coefficient (Wildman–Crippen LogP) is 4.03. The molecule has 0 aromatic carbocycles. The van der Waals surface area contributed by atoms with Gasteiger partial charge in [0.2, 0.25) is 0 Å². The summed E-state index contributed by atoms with van der Waals surface area (Å²) in [5, 5.41) is 2.39. The van der Waals surface area contributed by atoms with Gasteiger partial charge in [-0.1, -0.05) is 18.7 Å². The van der Waals surface area contributed by atoms with Crippen LogP contribution in [-0.4, -0.2) is 21.0 Å². The summed E-state index contributed by atoms with van der Waals surface area (Å²) in [5.41, 5.74) is 1.46. The molecule has 2 aromatic rings. The molecule has 0 N–H and O–H groups in total. The Morgan fingerprint density at radius 1 is 1.29 bits per heavy atom. The number of carbonyl (C=O) groups excluding carboxylic acids is 1. The number of rotatable bonds is 2. The third-order valence-electron chi connectivity index (χ3n) is 4.56. The summed E-state index contributed by atoms with van der Waals surface area (Å²) >= 11 is 3.50. The first-order valence-corrected chi connectivity index (χ1v) is 9.36. The summed E-state index contributed by atoms with van der Waals surface area (Å²) in [6.45, 7) is 2.33. The highest BCUT2D eigenvalue weighted by Gasteiger charge is 2.28. The minimum absolute atomic E-state index is 0.112. The Kier molecular flexibility index (Phi) is 3.50.